The number of imide groups is 1. The summed E-state index contributed by atoms with van der Waals surface area (Å²) in [5.74, 6) is -0.806. The maximum Gasteiger partial charge on any atom is 0.266 e. The van der Waals surface area contributed by atoms with Crippen molar-refractivity contribution in [2.75, 3.05) is 4.90 Å². The lowest BCUT2D eigenvalue weighted by Gasteiger charge is -2.17. The number of rotatable bonds is 6. The topological polar surface area (TPSA) is 76.0 Å². The van der Waals surface area contributed by atoms with Gasteiger partial charge in [0.15, 0.2) is 0 Å². The third-order valence-corrected chi connectivity index (χ3v) is 14.5. The molecule has 1 aliphatic rings. The molecule has 0 unspecified atom stereocenters. The van der Waals surface area contributed by atoms with Crippen LogP contribution in [-0.2, 0) is 0 Å². The first kappa shape index (κ1) is 40.3. The number of benzene rings is 10. The second kappa shape index (κ2) is 15.4. The number of fused-ring (bicyclic) bond motifs is 10. The summed E-state index contributed by atoms with van der Waals surface area (Å²) in [7, 11) is 0. The highest BCUT2D eigenvalue weighted by atomic mass is 16.2. The summed E-state index contributed by atoms with van der Waals surface area (Å²) >= 11 is 0. The largest absolute Gasteiger partial charge is 0.309 e. The Labute approximate surface area is 407 Å². The van der Waals surface area contributed by atoms with Crippen LogP contribution in [0.5, 0.6) is 0 Å². The van der Waals surface area contributed by atoms with Crippen LogP contribution in [-0.4, -0.2) is 25.5 Å². The van der Waals surface area contributed by atoms with Crippen LogP contribution in [0.1, 0.15) is 31.8 Å². The Morgan fingerprint density at radius 2 is 0.746 bits per heavy atom. The maximum atomic E-state index is 13.6. The third-order valence-electron chi connectivity index (χ3n) is 14.5. The minimum absolute atomic E-state index is 0.335. The summed E-state index contributed by atoms with van der Waals surface area (Å²) in [6, 6.07) is 77.5. The lowest BCUT2D eigenvalue weighted by molar-refractivity contribution is 0.0926. The van der Waals surface area contributed by atoms with Crippen molar-refractivity contribution in [1.82, 2.24) is 13.7 Å². The molecule has 3 aromatic heterocycles. The number of anilines is 1. The van der Waals surface area contributed by atoms with Crippen molar-refractivity contribution >= 4 is 82.9 Å². The van der Waals surface area contributed by atoms with E-state index >= 15 is 0 Å². The highest BCUT2D eigenvalue weighted by molar-refractivity contribution is 6.34. The molecule has 0 saturated heterocycles. The first-order valence-corrected chi connectivity index (χ1v) is 23.7. The van der Waals surface area contributed by atoms with Crippen LogP contribution in [0.4, 0.5) is 5.69 Å². The minimum Gasteiger partial charge on any atom is -0.309 e. The number of nitriles is 1. The zero-order valence-electron chi connectivity index (χ0n) is 38.3. The summed E-state index contributed by atoms with van der Waals surface area (Å²) in [6.07, 6.45) is 0. The summed E-state index contributed by atoms with van der Waals surface area (Å²) in [5.41, 5.74) is 16.2. The first-order chi connectivity index (χ1) is 34.9. The van der Waals surface area contributed by atoms with Gasteiger partial charge in [0.1, 0.15) is 6.07 Å². The second-order valence-electron chi connectivity index (χ2n) is 18.4. The Morgan fingerprint density at radius 1 is 0.352 bits per heavy atom. The van der Waals surface area contributed by atoms with Crippen molar-refractivity contribution < 1.29 is 9.59 Å². The van der Waals surface area contributed by atoms with E-state index in [1.54, 1.807) is 36.4 Å². The summed E-state index contributed by atoms with van der Waals surface area (Å²) in [6.45, 7) is 2.11. The van der Waals surface area contributed by atoms with Gasteiger partial charge in [-0.2, -0.15) is 5.26 Å². The van der Waals surface area contributed by atoms with Crippen LogP contribution in [0.25, 0.3) is 105 Å². The van der Waals surface area contributed by atoms with Crippen molar-refractivity contribution in [2.24, 2.45) is 0 Å². The Balaban J connectivity index is 0.959. The number of carbonyl (C=O) groups excluding carboxylic acids is 2. The molecule has 0 bridgehead atoms. The fraction of sp³-hybridized carbons (Fsp3) is 0.0156. The SMILES string of the molecule is Cc1ccc(-n2c3ccccc3c3cc(-c4ccc5c(c4)c4cc(-c6ccc7c(c6)c6ccccc6n7-c6ccccc6)ccc4n5-c4ccc(N5C(=O)c6ccccc6C5=O)cc4C#N)ccc32)cc1. The summed E-state index contributed by atoms with van der Waals surface area (Å²) < 4.78 is 6.81. The Bertz CT molecular complexity index is 4430. The molecule has 13 aromatic rings. The number of aryl methyl sites for hydroxylation is 1. The van der Waals surface area contributed by atoms with Gasteiger partial charge < -0.3 is 13.7 Å². The molecule has 0 fully saturated rings. The van der Waals surface area contributed by atoms with Gasteiger partial charge in [0, 0.05) is 43.7 Å². The second-order valence-corrected chi connectivity index (χ2v) is 18.4. The van der Waals surface area contributed by atoms with Gasteiger partial charge in [-0.15, -0.1) is 0 Å². The molecule has 0 spiro atoms. The molecule has 7 heteroatoms. The van der Waals surface area contributed by atoms with Crippen molar-refractivity contribution in [2.45, 2.75) is 6.92 Å². The molecular formula is C64H39N5O2. The molecule has 1 aliphatic heterocycles. The zero-order valence-corrected chi connectivity index (χ0v) is 38.3. The van der Waals surface area contributed by atoms with Gasteiger partial charge in [0.05, 0.1) is 61.2 Å². The Hall–Kier alpha value is -9.77. The standard InChI is InChI=1S/C64H39N5O2/c1-39-19-25-46(26-20-39)67-58-18-10-8-14-49(58)53-35-41(22-29-60(53)67)43-24-31-62-55(37-43)54-36-42(40-21-28-59-52(34-40)48-13-7-9-17-57(48)66(59)45-11-3-2-4-12-45)23-30-61(54)69(62)56-32-27-47(33-44(56)38-65)68-63(70)50-15-5-6-16-51(50)64(68)71/h2-37H,1H3. The molecule has 7 nitrogen and oxygen atoms in total. The van der Waals surface area contributed by atoms with Gasteiger partial charge in [-0.05, 0) is 144 Å². The molecule has 0 aliphatic carbocycles. The highest BCUT2D eigenvalue weighted by Crippen LogP contribution is 2.42. The summed E-state index contributed by atoms with van der Waals surface area (Å²) in [4.78, 5) is 28.4. The molecule has 14 rings (SSSR count). The zero-order chi connectivity index (χ0) is 47.5. The molecule has 0 atom stereocenters. The molecule has 10 aromatic carbocycles. The lowest BCUT2D eigenvalue weighted by atomic mass is 9.98. The smallest absolute Gasteiger partial charge is 0.266 e. The molecule has 4 heterocycles. The molecule has 0 radical (unpaired) electrons. The molecule has 0 N–H and O–H groups in total. The molecule has 2 amide bonds. The van der Waals surface area contributed by atoms with Crippen LogP contribution < -0.4 is 4.90 Å². The Kier molecular flexibility index (Phi) is 8.73. The Morgan fingerprint density at radius 3 is 1.24 bits per heavy atom. The molecular weight excluding hydrogens is 871 g/mol. The van der Waals surface area contributed by atoms with Crippen molar-refractivity contribution in [3.8, 4) is 45.4 Å². The van der Waals surface area contributed by atoms with Crippen LogP contribution in [0, 0.1) is 18.3 Å². The number of aromatic nitrogens is 3. The van der Waals surface area contributed by atoms with Gasteiger partial charge >= 0.3 is 0 Å². The van der Waals surface area contributed by atoms with Crippen molar-refractivity contribution in [3.05, 3.63) is 241 Å². The van der Waals surface area contributed by atoms with E-state index in [1.165, 1.54) is 32.0 Å². The van der Waals surface area contributed by atoms with E-state index in [9.17, 15) is 14.9 Å². The molecule has 0 saturated carbocycles. The number of hydrogen-bond donors (Lipinski definition) is 0. The fourth-order valence-electron chi connectivity index (χ4n) is 11.1. The maximum absolute atomic E-state index is 13.6. The molecule has 332 valence electrons. The van der Waals surface area contributed by atoms with E-state index in [1.807, 2.05) is 12.1 Å². The van der Waals surface area contributed by atoms with Gasteiger partial charge in [0.25, 0.3) is 11.8 Å². The average molecular weight is 910 g/mol. The normalized spacial score (nSPS) is 12.6. The number of hydrogen-bond acceptors (Lipinski definition) is 3. The molecule has 71 heavy (non-hydrogen) atoms. The lowest BCUT2D eigenvalue weighted by Crippen LogP contribution is -2.29. The van der Waals surface area contributed by atoms with Crippen molar-refractivity contribution in [3.63, 3.8) is 0 Å². The number of para-hydroxylation sites is 3. The van der Waals surface area contributed by atoms with E-state index in [-0.39, 0.29) is 0 Å². The highest BCUT2D eigenvalue weighted by Gasteiger charge is 2.36. The van der Waals surface area contributed by atoms with Crippen LogP contribution in [0.3, 0.4) is 0 Å². The van der Waals surface area contributed by atoms with E-state index in [2.05, 4.69) is 197 Å². The van der Waals surface area contributed by atoms with Gasteiger partial charge in [0.2, 0.25) is 0 Å². The van der Waals surface area contributed by atoms with Crippen LogP contribution in [0.15, 0.2) is 218 Å². The summed E-state index contributed by atoms with van der Waals surface area (Å²) in [5, 5.41) is 17.6. The van der Waals surface area contributed by atoms with E-state index in [4.69, 9.17) is 0 Å². The first-order valence-electron chi connectivity index (χ1n) is 23.7. The van der Waals surface area contributed by atoms with Crippen LogP contribution in [0.2, 0.25) is 0 Å². The predicted molar refractivity (Wildman–Crippen MR) is 287 cm³/mol. The predicted octanol–water partition coefficient (Wildman–Crippen LogP) is 15.3. The quantitative estimate of drug-likeness (QED) is 0.156. The van der Waals surface area contributed by atoms with Crippen molar-refractivity contribution in [1.29, 1.82) is 5.26 Å². The average Bonchev–Trinajstić information content (AvgIpc) is 4.12. The minimum atomic E-state index is -0.403. The number of carbonyl (C=O) groups is 2. The van der Waals surface area contributed by atoms with Crippen LogP contribution >= 0.6 is 0 Å². The monoisotopic (exact) mass is 909 g/mol. The van der Waals surface area contributed by atoms with E-state index in [0.717, 1.165) is 77.5 Å². The third kappa shape index (κ3) is 6.02. The van der Waals surface area contributed by atoms with Gasteiger partial charge in [-0.1, -0.05) is 109 Å². The van der Waals surface area contributed by atoms with E-state index < -0.39 is 11.8 Å². The van der Waals surface area contributed by atoms with Gasteiger partial charge in [-0.25, -0.2) is 4.90 Å². The number of nitrogens with zero attached hydrogens (tertiary/aromatic N) is 5. The van der Waals surface area contributed by atoms with E-state index in [0.29, 0.717) is 28.1 Å². The fourth-order valence-corrected chi connectivity index (χ4v) is 11.1. The number of amides is 2. The van der Waals surface area contributed by atoms with Gasteiger partial charge in [-0.3, -0.25) is 9.59 Å².